The van der Waals surface area contributed by atoms with Gasteiger partial charge in [-0.05, 0) is 53.9 Å². The lowest BCUT2D eigenvalue weighted by Gasteiger charge is -2.25. The van der Waals surface area contributed by atoms with Gasteiger partial charge in [0, 0.05) is 17.4 Å². The van der Waals surface area contributed by atoms with Crippen LogP contribution in [-0.2, 0) is 16.0 Å². The molecule has 1 atom stereocenters. The standard InChI is InChI=1S/C22H19N3O3.C2H6/c26-21(25-18-5-3-12-23-14-18)16-7-9-17(10-8-16)24-22(27)20-19-6-2-1-4-15(19)11-13-28-20;1-2/h1-10,12,14,20H,11,13H2,(H,24,27)(H,25,26);1-2H3. The van der Waals surface area contributed by atoms with Crippen molar-refractivity contribution in [2.75, 3.05) is 17.2 Å². The summed E-state index contributed by atoms with van der Waals surface area (Å²) in [4.78, 5) is 28.9. The van der Waals surface area contributed by atoms with Crippen molar-refractivity contribution in [2.45, 2.75) is 26.4 Å². The topological polar surface area (TPSA) is 80.3 Å². The predicted molar refractivity (Wildman–Crippen MR) is 117 cm³/mol. The number of nitrogens with zero attached hydrogens (tertiary/aromatic N) is 1. The summed E-state index contributed by atoms with van der Waals surface area (Å²) in [6, 6.07) is 18.1. The molecule has 0 fully saturated rings. The molecule has 1 unspecified atom stereocenters. The summed E-state index contributed by atoms with van der Waals surface area (Å²) in [6.45, 7) is 4.52. The molecule has 30 heavy (non-hydrogen) atoms. The largest absolute Gasteiger partial charge is 0.363 e. The second kappa shape index (κ2) is 10.3. The van der Waals surface area contributed by atoms with E-state index in [9.17, 15) is 9.59 Å². The van der Waals surface area contributed by atoms with E-state index < -0.39 is 6.10 Å². The zero-order valence-corrected chi connectivity index (χ0v) is 17.1. The highest BCUT2D eigenvalue weighted by Gasteiger charge is 2.27. The molecule has 3 aromatic rings. The third kappa shape index (κ3) is 5.10. The van der Waals surface area contributed by atoms with Crippen LogP contribution in [0.2, 0.25) is 0 Å². The van der Waals surface area contributed by atoms with E-state index in [-0.39, 0.29) is 11.8 Å². The maximum absolute atomic E-state index is 12.7. The molecule has 4 rings (SSSR count). The van der Waals surface area contributed by atoms with E-state index in [1.165, 1.54) is 0 Å². The van der Waals surface area contributed by atoms with Crippen molar-refractivity contribution < 1.29 is 14.3 Å². The first-order valence-corrected chi connectivity index (χ1v) is 10.0. The van der Waals surface area contributed by atoms with Gasteiger partial charge in [0.2, 0.25) is 0 Å². The quantitative estimate of drug-likeness (QED) is 0.666. The van der Waals surface area contributed by atoms with Gasteiger partial charge in [0.1, 0.15) is 0 Å². The molecule has 1 aromatic heterocycles. The lowest BCUT2D eigenvalue weighted by atomic mass is 9.97. The number of ether oxygens (including phenoxy) is 1. The smallest absolute Gasteiger partial charge is 0.258 e. The summed E-state index contributed by atoms with van der Waals surface area (Å²) in [6.07, 6.45) is 3.40. The molecule has 1 aliphatic rings. The van der Waals surface area contributed by atoms with E-state index in [1.54, 1.807) is 48.8 Å². The fourth-order valence-electron chi connectivity index (χ4n) is 3.16. The fraction of sp³-hybridized carbons (Fsp3) is 0.208. The van der Waals surface area contributed by atoms with Crippen LogP contribution in [0.4, 0.5) is 11.4 Å². The minimum atomic E-state index is -0.626. The molecule has 6 heteroatoms. The Hall–Kier alpha value is -3.51. The average molecular weight is 403 g/mol. The van der Waals surface area contributed by atoms with Gasteiger partial charge < -0.3 is 15.4 Å². The molecule has 0 bridgehead atoms. The summed E-state index contributed by atoms with van der Waals surface area (Å²) >= 11 is 0. The van der Waals surface area contributed by atoms with Gasteiger partial charge in [-0.3, -0.25) is 14.6 Å². The van der Waals surface area contributed by atoms with Crippen LogP contribution >= 0.6 is 0 Å². The van der Waals surface area contributed by atoms with E-state index >= 15 is 0 Å². The molecule has 0 radical (unpaired) electrons. The number of nitrogens with one attached hydrogen (secondary N) is 2. The molecule has 6 nitrogen and oxygen atoms in total. The summed E-state index contributed by atoms with van der Waals surface area (Å²) < 4.78 is 5.68. The number of hydrogen-bond acceptors (Lipinski definition) is 4. The molecule has 0 saturated heterocycles. The molecule has 2 amide bonds. The molecule has 2 aromatic carbocycles. The van der Waals surface area contributed by atoms with Gasteiger partial charge in [0.25, 0.3) is 11.8 Å². The van der Waals surface area contributed by atoms with Crippen molar-refractivity contribution >= 4 is 23.2 Å². The number of pyridine rings is 1. The van der Waals surface area contributed by atoms with Gasteiger partial charge >= 0.3 is 0 Å². The molecule has 0 saturated carbocycles. The van der Waals surface area contributed by atoms with Gasteiger partial charge in [-0.1, -0.05) is 38.1 Å². The molecular weight excluding hydrogens is 378 g/mol. The third-order valence-corrected chi connectivity index (χ3v) is 4.57. The Bertz CT molecular complexity index is 988. The van der Waals surface area contributed by atoms with Crippen LogP contribution in [0, 0.1) is 0 Å². The first kappa shape index (κ1) is 21.2. The number of amides is 2. The Kier molecular flexibility index (Phi) is 7.29. The van der Waals surface area contributed by atoms with E-state index in [1.807, 2.05) is 38.1 Å². The van der Waals surface area contributed by atoms with Gasteiger partial charge in [-0.2, -0.15) is 0 Å². The molecule has 0 aliphatic carbocycles. The summed E-state index contributed by atoms with van der Waals surface area (Å²) in [5.74, 6) is -0.463. The highest BCUT2D eigenvalue weighted by molar-refractivity contribution is 6.04. The Morgan fingerprint density at radius 3 is 2.43 bits per heavy atom. The first-order valence-electron chi connectivity index (χ1n) is 10.0. The second-order valence-corrected chi connectivity index (χ2v) is 6.46. The molecular formula is C24H25N3O3. The van der Waals surface area contributed by atoms with Gasteiger partial charge in [0.15, 0.2) is 6.10 Å². The number of anilines is 2. The Morgan fingerprint density at radius 1 is 0.933 bits per heavy atom. The highest BCUT2D eigenvalue weighted by atomic mass is 16.5. The van der Waals surface area contributed by atoms with Crippen molar-refractivity contribution in [1.82, 2.24) is 4.98 Å². The Labute approximate surface area is 176 Å². The summed E-state index contributed by atoms with van der Waals surface area (Å²) in [5, 5.41) is 5.64. The van der Waals surface area contributed by atoms with Crippen molar-refractivity contribution in [3.8, 4) is 0 Å². The van der Waals surface area contributed by atoms with Crippen molar-refractivity contribution in [1.29, 1.82) is 0 Å². The number of carbonyl (C=O) groups is 2. The number of aromatic nitrogens is 1. The second-order valence-electron chi connectivity index (χ2n) is 6.46. The number of benzene rings is 2. The normalized spacial score (nSPS) is 14.5. The SMILES string of the molecule is CC.O=C(Nc1cccnc1)c1ccc(NC(=O)C2OCCc3ccccc32)cc1. The van der Waals surface area contributed by atoms with Crippen LogP contribution in [0.3, 0.4) is 0 Å². The highest BCUT2D eigenvalue weighted by Crippen LogP contribution is 2.28. The van der Waals surface area contributed by atoms with E-state index in [2.05, 4.69) is 15.6 Å². The van der Waals surface area contributed by atoms with Gasteiger partial charge in [0.05, 0.1) is 18.5 Å². The minimum absolute atomic E-state index is 0.222. The predicted octanol–water partition coefficient (Wildman–Crippen LogP) is 4.61. The number of carbonyl (C=O) groups excluding carboxylic acids is 2. The number of hydrogen-bond donors (Lipinski definition) is 2. The van der Waals surface area contributed by atoms with Crippen LogP contribution in [0.25, 0.3) is 0 Å². The molecule has 154 valence electrons. The van der Waals surface area contributed by atoms with Gasteiger partial charge in [-0.25, -0.2) is 0 Å². The molecule has 2 N–H and O–H groups in total. The zero-order valence-electron chi connectivity index (χ0n) is 17.1. The lowest BCUT2D eigenvalue weighted by Crippen LogP contribution is -2.28. The maximum atomic E-state index is 12.7. The van der Waals surface area contributed by atoms with E-state index in [0.717, 1.165) is 17.5 Å². The number of fused-ring (bicyclic) bond motifs is 1. The van der Waals surface area contributed by atoms with Crippen molar-refractivity contribution in [3.05, 3.63) is 89.7 Å². The summed E-state index contributed by atoms with van der Waals surface area (Å²) in [5.41, 5.74) is 3.75. The number of rotatable bonds is 4. The molecule has 0 spiro atoms. The molecule has 1 aliphatic heterocycles. The van der Waals surface area contributed by atoms with E-state index in [4.69, 9.17) is 4.74 Å². The monoisotopic (exact) mass is 403 g/mol. The van der Waals surface area contributed by atoms with Crippen molar-refractivity contribution in [3.63, 3.8) is 0 Å². The first-order chi connectivity index (χ1) is 14.7. The minimum Gasteiger partial charge on any atom is -0.363 e. The van der Waals surface area contributed by atoms with Crippen LogP contribution < -0.4 is 10.6 Å². The van der Waals surface area contributed by atoms with Crippen LogP contribution in [-0.4, -0.2) is 23.4 Å². The fourth-order valence-corrected chi connectivity index (χ4v) is 3.16. The average Bonchev–Trinajstić information content (AvgIpc) is 2.81. The van der Waals surface area contributed by atoms with Crippen molar-refractivity contribution in [2.24, 2.45) is 0 Å². The van der Waals surface area contributed by atoms with E-state index in [0.29, 0.717) is 23.5 Å². The zero-order chi connectivity index (χ0) is 21.3. The van der Waals surface area contributed by atoms with Crippen LogP contribution in [0.1, 0.15) is 41.4 Å². The Morgan fingerprint density at radius 2 is 1.70 bits per heavy atom. The third-order valence-electron chi connectivity index (χ3n) is 4.57. The lowest BCUT2D eigenvalue weighted by molar-refractivity contribution is -0.128. The maximum Gasteiger partial charge on any atom is 0.258 e. The molecule has 2 heterocycles. The Balaban J connectivity index is 0.00000124. The van der Waals surface area contributed by atoms with Crippen LogP contribution in [0.5, 0.6) is 0 Å². The van der Waals surface area contributed by atoms with Crippen LogP contribution in [0.15, 0.2) is 73.1 Å². The van der Waals surface area contributed by atoms with Gasteiger partial charge in [-0.15, -0.1) is 0 Å². The summed E-state index contributed by atoms with van der Waals surface area (Å²) in [7, 11) is 0.